The fraction of sp³-hybridized carbons (Fsp3) is 0.435. The molecule has 0 saturated carbocycles. The second kappa shape index (κ2) is 10.6. The molecule has 0 unspecified atom stereocenters. The standard InChI is InChI=1S/C23H30ClN3O2/c1-3-19-4-8-21(9-5-19)25-23(28)18(2)27-14-12-26(13-15-27)16-17-29-22-10-6-20(24)7-11-22/h4-11,18H,3,12-17H2,1-2H3,(H,25,28)/p+2/t18-/m0/s1. The number of ether oxygens (including phenoxy) is 1. The Kier molecular flexibility index (Phi) is 7.92. The van der Waals surface area contributed by atoms with Gasteiger partial charge in [0.05, 0.1) is 0 Å². The zero-order chi connectivity index (χ0) is 20.6. The van der Waals surface area contributed by atoms with Gasteiger partial charge in [0.2, 0.25) is 0 Å². The molecule has 0 spiro atoms. The number of nitrogens with one attached hydrogen (secondary N) is 3. The fourth-order valence-corrected chi connectivity index (χ4v) is 3.84. The number of hydrogen-bond donors (Lipinski definition) is 3. The Morgan fingerprint density at radius 1 is 1.07 bits per heavy atom. The lowest BCUT2D eigenvalue weighted by atomic mass is 10.1. The summed E-state index contributed by atoms with van der Waals surface area (Å²) in [6, 6.07) is 15.6. The first-order valence-electron chi connectivity index (χ1n) is 10.5. The first kappa shape index (κ1) is 21.6. The van der Waals surface area contributed by atoms with Gasteiger partial charge < -0.3 is 19.9 Å². The first-order valence-corrected chi connectivity index (χ1v) is 10.9. The van der Waals surface area contributed by atoms with Crippen molar-refractivity contribution in [2.75, 3.05) is 44.6 Å². The van der Waals surface area contributed by atoms with E-state index in [1.54, 1.807) is 0 Å². The number of amides is 1. The van der Waals surface area contributed by atoms with Gasteiger partial charge in [-0.3, -0.25) is 4.79 Å². The minimum Gasteiger partial charge on any atom is -0.488 e. The number of halogens is 1. The highest BCUT2D eigenvalue weighted by atomic mass is 35.5. The Bertz CT molecular complexity index is 772. The van der Waals surface area contributed by atoms with E-state index >= 15 is 0 Å². The molecule has 1 saturated heterocycles. The van der Waals surface area contributed by atoms with Crippen LogP contribution in [-0.4, -0.2) is 51.3 Å². The number of carbonyl (C=O) groups is 1. The summed E-state index contributed by atoms with van der Waals surface area (Å²) < 4.78 is 5.81. The van der Waals surface area contributed by atoms with E-state index in [2.05, 4.69) is 24.4 Å². The highest BCUT2D eigenvalue weighted by Gasteiger charge is 2.30. The Morgan fingerprint density at radius 3 is 2.34 bits per heavy atom. The fourth-order valence-electron chi connectivity index (χ4n) is 3.71. The van der Waals surface area contributed by atoms with Crippen LogP contribution in [0.15, 0.2) is 48.5 Å². The normalized spacial score (nSPS) is 20.1. The Hall–Kier alpha value is -2.08. The van der Waals surface area contributed by atoms with Crippen molar-refractivity contribution in [2.24, 2.45) is 0 Å². The molecule has 3 rings (SSSR count). The van der Waals surface area contributed by atoms with E-state index in [9.17, 15) is 4.79 Å². The maximum Gasteiger partial charge on any atom is 0.282 e. The van der Waals surface area contributed by atoms with E-state index in [4.69, 9.17) is 16.3 Å². The van der Waals surface area contributed by atoms with Crippen LogP contribution in [0.4, 0.5) is 5.69 Å². The molecule has 6 heteroatoms. The average molecular weight is 418 g/mol. The first-order chi connectivity index (χ1) is 14.0. The highest BCUT2D eigenvalue weighted by molar-refractivity contribution is 6.30. The highest BCUT2D eigenvalue weighted by Crippen LogP contribution is 2.15. The predicted octanol–water partition coefficient (Wildman–Crippen LogP) is 1.09. The third-order valence-corrected chi connectivity index (χ3v) is 6.02. The Labute approximate surface area is 178 Å². The van der Waals surface area contributed by atoms with Crippen molar-refractivity contribution < 1.29 is 19.3 Å². The lowest BCUT2D eigenvalue weighted by molar-refractivity contribution is -1.02. The summed E-state index contributed by atoms with van der Waals surface area (Å²) in [6.07, 6.45) is 1.01. The lowest BCUT2D eigenvalue weighted by Crippen LogP contribution is -3.30. The van der Waals surface area contributed by atoms with Gasteiger partial charge in [0.1, 0.15) is 45.1 Å². The molecule has 0 aliphatic carbocycles. The summed E-state index contributed by atoms with van der Waals surface area (Å²) in [5, 5.41) is 3.78. The minimum atomic E-state index is -0.0484. The van der Waals surface area contributed by atoms with Crippen molar-refractivity contribution in [3.63, 3.8) is 0 Å². The number of aryl methyl sites for hydroxylation is 1. The molecule has 2 aromatic rings. The summed E-state index contributed by atoms with van der Waals surface area (Å²) in [6.45, 7) is 9.93. The van der Waals surface area contributed by atoms with E-state index in [0.717, 1.165) is 55.6 Å². The average Bonchev–Trinajstić information content (AvgIpc) is 2.75. The van der Waals surface area contributed by atoms with Crippen LogP contribution < -0.4 is 19.9 Å². The van der Waals surface area contributed by atoms with E-state index in [0.29, 0.717) is 6.61 Å². The Morgan fingerprint density at radius 2 is 1.72 bits per heavy atom. The summed E-state index contributed by atoms with van der Waals surface area (Å²) in [4.78, 5) is 15.5. The molecular weight excluding hydrogens is 386 g/mol. The zero-order valence-corrected chi connectivity index (χ0v) is 18.1. The molecular formula is C23H32ClN3O2+2. The number of benzene rings is 2. The van der Waals surface area contributed by atoms with E-state index in [-0.39, 0.29) is 11.9 Å². The number of hydrogen-bond acceptors (Lipinski definition) is 2. The number of rotatable bonds is 8. The van der Waals surface area contributed by atoms with Crippen molar-refractivity contribution in [1.29, 1.82) is 0 Å². The third kappa shape index (κ3) is 6.46. The second-order valence-electron chi connectivity index (χ2n) is 7.72. The molecule has 1 aliphatic rings. The number of piperazine rings is 1. The van der Waals surface area contributed by atoms with Crippen molar-refractivity contribution in [3.8, 4) is 5.75 Å². The lowest BCUT2D eigenvalue weighted by Gasteiger charge is -2.32. The summed E-state index contributed by atoms with van der Waals surface area (Å²) in [5.41, 5.74) is 2.16. The zero-order valence-electron chi connectivity index (χ0n) is 17.3. The van der Waals surface area contributed by atoms with E-state index < -0.39 is 0 Å². The van der Waals surface area contributed by atoms with Crippen molar-refractivity contribution in [2.45, 2.75) is 26.3 Å². The molecule has 0 aromatic heterocycles. The molecule has 29 heavy (non-hydrogen) atoms. The summed E-state index contributed by atoms with van der Waals surface area (Å²) in [5.74, 6) is 0.953. The molecule has 0 bridgehead atoms. The molecule has 1 atom stereocenters. The monoisotopic (exact) mass is 417 g/mol. The molecule has 0 radical (unpaired) electrons. The van der Waals surface area contributed by atoms with Gasteiger partial charge in [-0.15, -0.1) is 0 Å². The van der Waals surface area contributed by atoms with Gasteiger partial charge in [0.25, 0.3) is 5.91 Å². The molecule has 1 fully saturated rings. The van der Waals surface area contributed by atoms with Crippen molar-refractivity contribution >= 4 is 23.2 Å². The maximum atomic E-state index is 12.6. The maximum absolute atomic E-state index is 12.6. The molecule has 156 valence electrons. The van der Waals surface area contributed by atoms with Crippen LogP contribution >= 0.6 is 11.6 Å². The molecule has 1 amide bonds. The van der Waals surface area contributed by atoms with E-state index in [1.165, 1.54) is 15.4 Å². The number of anilines is 1. The quantitative estimate of drug-likeness (QED) is 0.602. The van der Waals surface area contributed by atoms with Crippen LogP contribution in [0.3, 0.4) is 0 Å². The van der Waals surface area contributed by atoms with Gasteiger partial charge in [0, 0.05) is 10.7 Å². The van der Waals surface area contributed by atoms with Crippen LogP contribution in [0, 0.1) is 0 Å². The van der Waals surface area contributed by atoms with Crippen molar-refractivity contribution in [1.82, 2.24) is 0 Å². The molecule has 2 aromatic carbocycles. The van der Waals surface area contributed by atoms with Crippen LogP contribution in [0.25, 0.3) is 0 Å². The van der Waals surface area contributed by atoms with Crippen LogP contribution in [-0.2, 0) is 11.2 Å². The third-order valence-electron chi connectivity index (χ3n) is 5.77. The topological polar surface area (TPSA) is 47.2 Å². The van der Waals surface area contributed by atoms with Crippen LogP contribution in [0.1, 0.15) is 19.4 Å². The summed E-state index contributed by atoms with van der Waals surface area (Å²) >= 11 is 5.90. The molecule has 1 heterocycles. The molecule has 5 nitrogen and oxygen atoms in total. The van der Waals surface area contributed by atoms with Gasteiger partial charge in [-0.2, -0.15) is 0 Å². The van der Waals surface area contributed by atoms with Crippen LogP contribution in [0.5, 0.6) is 5.75 Å². The van der Waals surface area contributed by atoms with Crippen LogP contribution in [0.2, 0.25) is 5.02 Å². The SMILES string of the molecule is CCc1ccc(NC(=O)[C@H](C)[NH+]2CC[NH+](CCOc3ccc(Cl)cc3)CC2)cc1. The number of carbonyl (C=O) groups excluding carboxylic acids is 1. The summed E-state index contributed by atoms with van der Waals surface area (Å²) in [7, 11) is 0. The smallest absolute Gasteiger partial charge is 0.282 e. The largest absolute Gasteiger partial charge is 0.488 e. The number of quaternary nitrogens is 2. The predicted molar refractivity (Wildman–Crippen MR) is 117 cm³/mol. The molecule has 1 aliphatic heterocycles. The minimum absolute atomic E-state index is 0.0484. The van der Waals surface area contributed by atoms with Gasteiger partial charge >= 0.3 is 0 Å². The van der Waals surface area contributed by atoms with E-state index in [1.807, 2.05) is 43.3 Å². The van der Waals surface area contributed by atoms with Gasteiger partial charge in [-0.25, -0.2) is 0 Å². The molecule has 3 N–H and O–H groups in total. The van der Waals surface area contributed by atoms with Gasteiger partial charge in [-0.05, 0) is 55.3 Å². The van der Waals surface area contributed by atoms with Gasteiger partial charge in [0.15, 0.2) is 6.04 Å². The van der Waals surface area contributed by atoms with Crippen molar-refractivity contribution in [3.05, 3.63) is 59.1 Å². The Balaban J connectivity index is 1.38. The second-order valence-corrected chi connectivity index (χ2v) is 8.16. The van der Waals surface area contributed by atoms with Gasteiger partial charge in [-0.1, -0.05) is 30.7 Å².